The average Bonchev–Trinajstić information content (AvgIpc) is 2.68. The molecule has 0 fully saturated rings. The van der Waals surface area contributed by atoms with Crippen LogP contribution in [0.4, 0.5) is 0 Å². The van der Waals surface area contributed by atoms with E-state index in [1.165, 1.54) is 0 Å². The Morgan fingerprint density at radius 2 is 2.25 bits per heavy atom. The third-order valence-corrected chi connectivity index (χ3v) is 2.61. The molecule has 4 heteroatoms. The van der Waals surface area contributed by atoms with Crippen LogP contribution in [0.3, 0.4) is 0 Å². The molecule has 1 heterocycles. The van der Waals surface area contributed by atoms with Gasteiger partial charge in [-0.15, -0.1) is 0 Å². The van der Waals surface area contributed by atoms with Crippen LogP contribution in [-0.4, -0.2) is 22.1 Å². The quantitative estimate of drug-likeness (QED) is 0.758. The molecule has 0 amide bonds. The van der Waals surface area contributed by atoms with Crippen LogP contribution in [0.5, 0.6) is 0 Å². The maximum absolute atomic E-state index is 11.6. The molecule has 0 unspecified atom stereocenters. The van der Waals surface area contributed by atoms with Crippen molar-refractivity contribution in [1.29, 1.82) is 0 Å². The monoisotopic (exact) mass is 223 g/mol. The second kappa shape index (κ2) is 6.43. The zero-order chi connectivity index (χ0) is 12.0. The van der Waals surface area contributed by atoms with Crippen molar-refractivity contribution in [2.45, 2.75) is 46.1 Å². The van der Waals surface area contributed by atoms with Gasteiger partial charge in [0.1, 0.15) is 5.78 Å². The standard InChI is InChI=1S/C12H21N3O/c1-3-10-8-11(15(4-2)14-10)9-12(16)6-5-7-13/h8H,3-7,9,13H2,1-2H3. The first-order valence-electron chi connectivity index (χ1n) is 5.98. The number of Topliss-reactive ketones (excluding diaryl/α,β-unsaturated/α-hetero) is 1. The van der Waals surface area contributed by atoms with Crippen LogP contribution < -0.4 is 5.73 Å². The fourth-order valence-electron chi connectivity index (χ4n) is 1.69. The molecule has 0 aliphatic rings. The van der Waals surface area contributed by atoms with Gasteiger partial charge in [0.25, 0.3) is 0 Å². The van der Waals surface area contributed by atoms with Gasteiger partial charge < -0.3 is 5.73 Å². The van der Waals surface area contributed by atoms with Gasteiger partial charge in [-0.1, -0.05) is 6.92 Å². The number of nitrogens with zero attached hydrogens (tertiary/aromatic N) is 2. The summed E-state index contributed by atoms with van der Waals surface area (Å²) in [5.74, 6) is 0.253. The molecule has 0 bridgehead atoms. The summed E-state index contributed by atoms with van der Waals surface area (Å²) in [5.41, 5.74) is 7.47. The number of nitrogens with two attached hydrogens (primary N) is 1. The smallest absolute Gasteiger partial charge is 0.138 e. The molecule has 2 N–H and O–H groups in total. The molecule has 90 valence electrons. The number of aryl methyl sites for hydroxylation is 2. The van der Waals surface area contributed by atoms with Crippen molar-refractivity contribution in [3.05, 3.63) is 17.5 Å². The molecule has 0 atom stereocenters. The third-order valence-electron chi connectivity index (χ3n) is 2.61. The first kappa shape index (κ1) is 12.9. The van der Waals surface area contributed by atoms with Crippen molar-refractivity contribution in [1.82, 2.24) is 9.78 Å². The molecule has 16 heavy (non-hydrogen) atoms. The van der Waals surface area contributed by atoms with Gasteiger partial charge in [0.05, 0.1) is 5.69 Å². The van der Waals surface area contributed by atoms with Crippen molar-refractivity contribution in [2.24, 2.45) is 5.73 Å². The van der Waals surface area contributed by atoms with Crippen molar-refractivity contribution >= 4 is 5.78 Å². The van der Waals surface area contributed by atoms with E-state index in [-0.39, 0.29) is 5.78 Å². The van der Waals surface area contributed by atoms with E-state index in [0.29, 0.717) is 19.4 Å². The lowest BCUT2D eigenvalue weighted by Crippen LogP contribution is -2.11. The van der Waals surface area contributed by atoms with Gasteiger partial charge in [-0.25, -0.2) is 0 Å². The van der Waals surface area contributed by atoms with Gasteiger partial charge in [0, 0.05) is 25.1 Å². The lowest BCUT2D eigenvalue weighted by Gasteiger charge is -2.03. The molecule has 0 aliphatic heterocycles. The Labute approximate surface area is 96.8 Å². The first-order chi connectivity index (χ1) is 7.71. The van der Waals surface area contributed by atoms with Crippen LogP contribution in [0.1, 0.15) is 38.1 Å². The highest BCUT2D eigenvalue weighted by molar-refractivity contribution is 5.80. The summed E-state index contributed by atoms with van der Waals surface area (Å²) in [6, 6.07) is 2.03. The normalized spacial score (nSPS) is 10.7. The van der Waals surface area contributed by atoms with E-state index in [1.54, 1.807) is 0 Å². The highest BCUT2D eigenvalue weighted by atomic mass is 16.1. The third kappa shape index (κ3) is 3.45. The Bertz CT molecular complexity index is 344. The number of carbonyl (C=O) groups excluding carboxylic acids is 1. The molecule has 0 spiro atoms. The number of rotatable bonds is 7. The summed E-state index contributed by atoms with van der Waals surface area (Å²) in [5, 5.41) is 4.42. The SMILES string of the molecule is CCc1cc(CC(=O)CCCN)n(CC)n1. The highest BCUT2D eigenvalue weighted by Gasteiger charge is 2.09. The van der Waals surface area contributed by atoms with Gasteiger partial charge in [0.15, 0.2) is 0 Å². The number of carbonyl (C=O) groups is 1. The summed E-state index contributed by atoms with van der Waals surface area (Å²) in [6.45, 7) is 5.52. The molecule has 1 rings (SSSR count). The highest BCUT2D eigenvalue weighted by Crippen LogP contribution is 2.08. The van der Waals surface area contributed by atoms with Crippen LogP contribution in [0.25, 0.3) is 0 Å². The number of hydrogen-bond donors (Lipinski definition) is 1. The minimum absolute atomic E-state index is 0.253. The van der Waals surface area contributed by atoms with E-state index in [2.05, 4.69) is 12.0 Å². The molecule has 0 saturated heterocycles. The van der Waals surface area contributed by atoms with E-state index in [9.17, 15) is 4.79 Å². The Balaban J connectivity index is 2.64. The predicted octanol–water partition coefficient (Wildman–Crippen LogP) is 1.32. The molecular weight excluding hydrogens is 202 g/mol. The molecule has 0 radical (unpaired) electrons. The zero-order valence-corrected chi connectivity index (χ0v) is 10.2. The first-order valence-corrected chi connectivity index (χ1v) is 5.98. The van der Waals surface area contributed by atoms with Crippen molar-refractivity contribution in [3.63, 3.8) is 0 Å². The van der Waals surface area contributed by atoms with Crippen LogP contribution in [0.2, 0.25) is 0 Å². The van der Waals surface area contributed by atoms with E-state index >= 15 is 0 Å². The van der Waals surface area contributed by atoms with E-state index in [1.807, 2.05) is 17.7 Å². The van der Waals surface area contributed by atoms with E-state index < -0.39 is 0 Å². The summed E-state index contributed by atoms with van der Waals surface area (Å²) < 4.78 is 1.92. The molecule has 0 saturated carbocycles. The van der Waals surface area contributed by atoms with Crippen LogP contribution in [-0.2, 0) is 24.2 Å². The van der Waals surface area contributed by atoms with Crippen LogP contribution >= 0.6 is 0 Å². The fraction of sp³-hybridized carbons (Fsp3) is 0.667. The van der Waals surface area contributed by atoms with E-state index in [0.717, 1.165) is 30.8 Å². The number of ketones is 1. The van der Waals surface area contributed by atoms with Crippen molar-refractivity contribution in [2.75, 3.05) is 6.54 Å². The maximum Gasteiger partial charge on any atom is 0.138 e. The van der Waals surface area contributed by atoms with Gasteiger partial charge in [-0.2, -0.15) is 5.10 Å². The molecule has 0 aliphatic carbocycles. The second-order valence-corrected chi connectivity index (χ2v) is 3.90. The Kier molecular flexibility index (Phi) is 5.19. The summed E-state index contributed by atoms with van der Waals surface area (Å²) >= 11 is 0. The molecular formula is C12H21N3O. The van der Waals surface area contributed by atoms with Crippen molar-refractivity contribution < 1.29 is 4.79 Å². The Morgan fingerprint density at radius 3 is 2.81 bits per heavy atom. The van der Waals surface area contributed by atoms with Gasteiger partial charge >= 0.3 is 0 Å². The lowest BCUT2D eigenvalue weighted by molar-refractivity contribution is -0.118. The number of hydrogen-bond acceptors (Lipinski definition) is 3. The minimum Gasteiger partial charge on any atom is -0.330 e. The number of aromatic nitrogens is 2. The van der Waals surface area contributed by atoms with E-state index in [4.69, 9.17) is 5.73 Å². The summed E-state index contributed by atoms with van der Waals surface area (Å²) in [4.78, 5) is 11.6. The predicted molar refractivity (Wildman–Crippen MR) is 64.3 cm³/mol. The van der Waals surface area contributed by atoms with Gasteiger partial charge in [0.2, 0.25) is 0 Å². The zero-order valence-electron chi connectivity index (χ0n) is 10.2. The molecule has 0 aromatic carbocycles. The molecule has 1 aromatic rings. The largest absolute Gasteiger partial charge is 0.330 e. The van der Waals surface area contributed by atoms with Crippen LogP contribution in [0, 0.1) is 0 Å². The summed E-state index contributed by atoms with van der Waals surface area (Å²) in [6.07, 6.45) is 2.75. The minimum atomic E-state index is 0.253. The van der Waals surface area contributed by atoms with Crippen molar-refractivity contribution in [3.8, 4) is 0 Å². The average molecular weight is 223 g/mol. The fourth-order valence-corrected chi connectivity index (χ4v) is 1.69. The topological polar surface area (TPSA) is 60.9 Å². The lowest BCUT2D eigenvalue weighted by atomic mass is 10.1. The molecule has 1 aromatic heterocycles. The molecule has 4 nitrogen and oxygen atoms in total. The Hall–Kier alpha value is -1.16. The van der Waals surface area contributed by atoms with Gasteiger partial charge in [-0.3, -0.25) is 9.48 Å². The van der Waals surface area contributed by atoms with Crippen LogP contribution in [0.15, 0.2) is 6.07 Å². The van der Waals surface area contributed by atoms with Gasteiger partial charge in [-0.05, 0) is 32.4 Å². The second-order valence-electron chi connectivity index (χ2n) is 3.90. The maximum atomic E-state index is 11.6. The Morgan fingerprint density at radius 1 is 1.50 bits per heavy atom. The summed E-state index contributed by atoms with van der Waals surface area (Å²) in [7, 11) is 0.